The summed E-state index contributed by atoms with van der Waals surface area (Å²) in [5.41, 5.74) is 3.30. The average molecular weight is 449 g/mol. The zero-order chi connectivity index (χ0) is 22.7. The van der Waals surface area contributed by atoms with Gasteiger partial charge in [-0.25, -0.2) is 4.98 Å². The number of rotatable bonds is 5. The Balaban J connectivity index is 1.45. The van der Waals surface area contributed by atoms with Crippen molar-refractivity contribution >= 4 is 35.0 Å². The van der Waals surface area contributed by atoms with E-state index in [0.717, 1.165) is 24.1 Å². The van der Waals surface area contributed by atoms with E-state index >= 15 is 0 Å². The quantitative estimate of drug-likeness (QED) is 0.478. The van der Waals surface area contributed by atoms with E-state index in [0.29, 0.717) is 17.4 Å². The van der Waals surface area contributed by atoms with E-state index in [9.17, 15) is 14.4 Å². The number of benzene rings is 2. The van der Waals surface area contributed by atoms with Crippen LogP contribution in [0.3, 0.4) is 0 Å². The van der Waals surface area contributed by atoms with Crippen molar-refractivity contribution in [3.05, 3.63) is 81.8 Å². The Hall–Kier alpha value is -3.39. The van der Waals surface area contributed by atoms with Gasteiger partial charge in [-0.15, -0.1) is 0 Å². The number of aromatic nitrogens is 2. The molecule has 0 aliphatic carbocycles. The van der Waals surface area contributed by atoms with Gasteiger partial charge >= 0.3 is 0 Å². The molecule has 0 bridgehead atoms. The molecule has 32 heavy (non-hydrogen) atoms. The minimum Gasteiger partial charge on any atom is -0.322 e. The Morgan fingerprint density at radius 2 is 1.88 bits per heavy atom. The molecule has 0 saturated carbocycles. The van der Waals surface area contributed by atoms with Gasteiger partial charge in [-0.1, -0.05) is 47.7 Å². The van der Waals surface area contributed by atoms with Gasteiger partial charge in [0.25, 0.3) is 11.5 Å². The highest BCUT2D eigenvalue weighted by Gasteiger charge is 2.23. The summed E-state index contributed by atoms with van der Waals surface area (Å²) in [7, 11) is 1.56. The number of carbonyl (C=O) groups is 2. The minimum atomic E-state index is -0.514. The second kappa shape index (κ2) is 9.40. The number of carbonyl (C=O) groups excluding carboxylic acids is 2. The Bertz CT molecular complexity index is 1220. The summed E-state index contributed by atoms with van der Waals surface area (Å²) in [4.78, 5) is 44.2. The number of nitrogens with one attached hydrogen (secondary N) is 1. The number of hydrogen-bond acceptors (Lipinski definition) is 5. The number of anilines is 2. The number of para-hydroxylation sites is 1. The molecule has 0 unspecified atom stereocenters. The maximum Gasteiger partial charge on any atom is 0.266 e. The molecule has 8 heteroatoms. The molecule has 164 valence electrons. The second-order valence-electron chi connectivity index (χ2n) is 7.71. The lowest BCUT2D eigenvalue weighted by Crippen LogP contribution is -2.37. The predicted octanol–water partition coefficient (Wildman–Crippen LogP) is 3.41. The Morgan fingerprint density at radius 3 is 2.66 bits per heavy atom. The number of fused-ring (bicyclic) bond motifs is 1. The summed E-state index contributed by atoms with van der Waals surface area (Å²) in [6.07, 6.45) is 3.17. The maximum absolute atomic E-state index is 12.9. The molecule has 2 aromatic carbocycles. The fourth-order valence-electron chi connectivity index (χ4n) is 3.65. The fraction of sp³-hybridized carbons (Fsp3) is 0.250. The monoisotopic (exact) mass is 448 g/mol. The van der Waals surface area contributed by atoms with E-state index in [2.05, 4.69) is 10.3 Å². The van der Waals surface area contributed by atoms with Gasteiger partial charge < -0.3 is 10.2 Å². The van der Waals surface area contributed by atoms with Crippen LogP contribution in [-0.2, 0) is 18.3 Å². The zero-order valence-electron chi connectivity index (χ0n) is 18.0. The van der Waals surface area contributed by atoms with E-state index < -0.39 is 11.5 Å². The van der Waals surface area contributed by atoms with Crippen molar-refractivity contribution in [2.24, 2.45) is 7.05 Å². The van der Waals surface area contributed by atoms with Gasteiger partial charge in [0.15, 0.2) is 5.16 Å². The first kappa shape index (κ1) is 21.8. The fourth-order valence-corrected chi connectivity index (χ4v) is 4.46. The van der Waals surface area contributed by atoms with Crippen molar-refractivity contribution in [1.29, 1.82) is 0 Å². The molecule has 7 nitrogen and oxygen atoms in total. The van der Waals surface area contributed by atoms with Gasteiger partial charge in [0.2, 0.25) is 5.91 Å². The van der Waals surface area contributed by atoms with Crippen molar-refractivity contribution < 1.29 is 9.59 Å². The number of hydrogen-bond donors (Lipinski definition) is 1. The molecular formula is C24H24N4O3S. The maximum atomic E-state index is 12.9. The van der Waals surface area contributed by atoms with Gasteiger partial charge in [0.1, 0.15) is 5.56 Å². The summed E-state index contributed by atoms with van der Waals surface area (Å²) in [6, 6.07) is 15.2. The molecule has 4 rings (SSSR count). The predicted molar refractivity (Wildman–Crippen MR) is 126 cm³/mol. The summed E-state index contributed by atoms with van der Waals surface area (Å²) in [6.45, 7) is 2.64. The lowest BCUT2D eigenvalue weighted by molar-refractivity contribution is -0.116. The minimum absolute atomic E-state index is 0.0300. The second-order valence-corrected chi connectivity index (χ2v) is 8.65. The third-order valence-electron chi connectivity index (χ3n) is 5.42. The Kier molecular flexibility index (Phi) is 6.41. The highest BCUT2D eigenvalue weighted by atomic mass is 32.2. The lowest BCUT2D eigenvalue weighted by atomic mass is 10.0. The molecule has 1 aromatic heterocycles. The van der Waals surface area contributed by atoms with E-state index in [1.165, 1.54) is 28.1 Å². The highest BCUT2D eigenvalue weighted by Crippen LogP contribution is 2.27. The normalized spacial score (nSPS) is 12.9. The molecule has 0 spiro atoms. The molecule has 0 radical (unpaired) electrons. The van der Waals surface area contributed by atoms with Crippen LogP contribution in [0, 0.1) is 6.92 Å². The molecule has 2 heterocycles. The van der Waals surface area contributed by atoms with Gasteiger partial charge in [-0.3, -0.25) is 19.0 Å². The van der Waals surface area contributed by atoms with E-state index in [-0.39, 0.29) is 17.2 Å². The van der Waals surface area contributed by atoms with Crippen molar-refractivity contribution in [3.8, 4) is 0 Å². The number of amides is 2. The first-order chi connectivity index (χ1) is 15.4. The van der Waals surface area contributed by atoms with Gasteiger partial charge in [0, 0.05) is 31.2 Å². The molecule has 1 aliphatic heterocycles. The Morgan fingerprint density at radius 1 is 1.12 bits per heavy atom. The standard InChI is InChI=1S/C24H24N4O3S/c1-16-9-11-18(12-10-16)26-22(30)19-14-25-24(27(2)23(19)31)32-15-21(29)28-13-5-7-17-6-3-4-8-20(17)28/h3-4,6,8-12,14H,5,7,13,15H2,1-2H3,(H,26,30). The van der Waals surface area contributed by atoms with E-state index in [1.54, 1.807) is 24.1 Å². The van der Waals surface area contributed by atoms with Gasteiger partial charge in [-0.2, -0.15) is 0 Å². The molecule has 3 aromatic rings. The van der Waals surface area contributed by atoms with Crippen LogP contribution >= 0.6 is 11.8 Å². The number of nitrogens with zero attached hydrogens (tertiary/aromatic N) is 3. The summed E-state index contributed by atoms with van der Waals surface area (Å²) >= 11 is 1.19. The van der Waals surface area contributed by atoms with Crippen LogP contribution in [0.1, 0.15) is 27.9 Å². The zero-order valence-corrected chi connectivity index (χ0v) is 18.8. The third kappa shape index (κ3) is 4.60. The first-order valence-corrected chi connectivity index (χ1v) is 11.4. The van der Waals surface area contributed by atoms with E-state index in [1.807, 2.05) is 43.3 Å². The Labute approximate surface area is 190 Å². The SMILES string of the molecule is Cc1ccc(NC(=O)c2cnc(SCC(=O)N3CCCc4ccccc43)n(C)c2=O)cc1. The smallest absolute Gasteiger partial charge is 0.266 e. The molecule has 0 saturated heterocycles. The molecule has 0 fully saturated rings. The molecule has 1 N–H and O–H groups in total. The first-order valence-electron chi connectivity index (χ1n) is 10.4. The summed E-state index contributed by atoms with van der Waals surface area (Å²) in [5, 5.41) is 3.11. The van der Waals surface area contributed by atoms with Crippen LogP contribution < -0.4 is 15.8 Å². The summed E-state index contributed by atoms with van der Waals surface area (Å²) in [5.74, 6) is -0.388. The van der Waals surface area contributed by atoms with Crippen molar-refractivity contribution in [2.75, 3.05) is 22.5 Å². The third-order valence-corrected chi connectivity index (χ3v) is 6.44. The topological polar surface area (TPSA) is 84.3 Å². The van der Waals surface area contributed by atoms with Crippen molar-refractivity contribution in [3.63, 3.8) is 0 Å². The van der Waals surface area contributed by atoms with Crippen LogP contribution in [0.5, 0.6) is 0 Å². The van der Waals surface area contributed by atoms with E-state index in [4.69, 9.17) is 0 Å². The molecule has 1 aliphatic rings. The van der Waals surface area contributed by atoms with Crippen LogP contribution in [0.4, 0.5) is 11.4 Å². The van der Waals surface area contributed by atoms with Crippen LogP contribution in [0.2, 0.25) is 0 Å². The van der Waals surface area contributed by atoms with Crippen molar-refractivity contribution in [2.45, 2.75) is 24.9 Å². The molecular weight excluding hydrogens is 424 g/mol. The molecule has 2 amide bonds. The summed E-state index contributed by atoms with van der Waals surface area (Å²) < 4.78 is 1.31. The number of aryl methyl sites for hydroxylation is 2. The van der Waals surface area contributed by atoms with Crippen LogP contribution in [0.15, 0.2) is 64.7 Å². The van der Waals surface area contributed by atoms with Gasteiger partial charge in [0.05, 0.1) is 5.75 Å². The van der Waals surface area contributed by atoms with Crippen LogP contribution in [0.25, 0.3) is 0 Å². The van der Waals surface area contributed by atoms with Crippen molar-refractivity contribution in [1.82, 2.24) is 9.55 Å². The largest absolute Gasteiger partial charge is 0.322 e. The lowest BCUT2D eigenvalue weighted by Gasteiger charge is -2.29. The van der Waals surface area contributed by atoms with Crippen LogP contribution in [-0.4, -0.2) is 33.7 Å². The average Bonchev–Trinajstić information content (AvgIpc) is 2.81. The molecule has 0 atom stereocenters. The highest BCUT2D eigenvalue weighted by molar-refractivity contribution is 7.99. The number of thioether (sulfide) groups is 1. The van der Waals surface area contributed by atoms with Gasteiger partial charge in [-0.05, 0) is 43.5 Å².